The van der Waals surface area contributed by atoms with Gasteiger partial charge in [-0.1, -0.05) is 23.7 Å². The zero-order chi connectivity index (χ0) is 14.0. The summed E-state index contributed by atoms with van der Waals surface area (Å²) in [5.41, 5.74) is 2.83. The third kappa shape index (κ3) is 3.35. The highest BCUT2D eigenvalue weighted by Gasteiger charge is 2.14. The second kappa shape index (κ2) is 6.04. The number of nitrogens with one attached hydrogen (secondary N) is 1. The third-order valence-corrected chi connectivity index (χ3v) is 4.18. The van der Waals surface area contributed by atoms with Crippen molar-refractivity contribution in [2.24, 2.45) is 0 Å². The van der Waals surface area contributed by atoms with Crippen molar-refractivity contribution in [3.05, 3.63) is 68.4 Å². The van der Waals surface area contributed by atoms with Gasteiger partial charge in [0, 0.05) is 4.47 Å². The normalized spacial score (nSPS) is 12.5. The van der Waals surface area contributed by atoms with E-state index < -0.39 is 0 Å². The summed E-state index contributed by atoms with van der Waals surface area (Å²) >= 11 is 9.41. The Kier molecular flexibility index (Phi) is 4.61. The molecule has 0 amide bonds. The van der Waals surface area contributed by atoms with E-state index in [1.807, 2.05) is 38.2 Å². The van der Waals surface area contributed by atoms with E-state index in [4.69, 9.17) is 11.6 Å². The third-order valence-electron chi connectivity index (χ3n) is 2.96. The van der Waals surface area contributed by atoms with Crippen LogP contribution in [0.1, 0.15) is 22.7 Å². The second-order valence-corrected chi connectivity index (χ2v) is 5.72. The lowest BCUT2D eigenvalue weighted by atomic mass is 9.97. The van der Waals surface area contributed by atoms with Gasteiger partial charge in [-0.25, -0.2) is 4.39 Å². The first-order chi connectivity index (χ1) is 9.01. The van der Waals surface area contributed by atoms with E-state index in [0.29, 0.717) is 5.02 Å². The standard InChI is InChI=1S/C15H14BrClFN/c1-9-5-11(7-12(18)6-9)15(19-2)10-3-4-14(17)13(16)8-10/h3-8,15,19H,1-2H3. The van der Waals surface area contributed by atoms with E-state index in [-0.39, 0.29) is 11.9 Å². The Labute approximate surface area is 125 Å². The molecule has 0 spiro atoms. The molecule has 2 aromatic carbocycles. The van der Waals surface area contributed by atoms with Crippen LogP contribution in [0.4, 0.5) is 4.39 Å². The Bertz CT molecular complexity index is 580. The highest BCUT2D eigenvalue weighted by molar-refractivity contribution is 9.10. The van der Waals surface area contributed by atoms with Gasteiger partial charge < -0.3 is 5.32 Å². The van der Waals surface area contributed by atoms with Gasteiger partial charge >= 0.3 is 0 Å². The highest BCUT2D eigenvalue weighted by Crippen LogP contribution is 2.29. The molecule has 1 N–H and O–H groups in total. The molecule has 2 aromatic rings. The lowest BCUT2D eigenvalue weighted by Crippen LogP contribution is -2.18. The van der Waals surface area contributed by atoms with Crippen LogP contribution in [-0.2, 0) is 0 Å². The number of rotatable bonds is 3. The van der Waals surface area contributed by atoms with Crippen molar-refractivity contribution in [3.63, 3.8) is 0 Å². The van der Waals surface area contributed by atoms with E-state index in [9.17, 15) is 4.39 Å². The summed E-state index contributed by atoms with van der Waals surface area (Å²) in [5.74, 6) is -0.219. The first-order valence-electron chi connectivity index (χ1n) is 5.90. The van der Waals surface area contributed by atoms with Gasteiger partial charge in [-0.3, -0.25) is 0 Å². The number of hydrogen-bond acceptors (Lipinski definition) is 1. The second-order valence-electron chi connectivity index (χ2n) is 4.46. The predicted octanol–water partition coefficient (Wildman–Crippen LogP) is 4.86. The molecule has 0 bridgehead atoms. The molecule has 0 saturated carbocycles. The lowest BCUT2D eigenvalue weighted by Gasteiger charge is -2.18. The van der Waals surface area contributed by atoms with Crippen LogP contribution in [0.3, 0.4) is 0 Å². The monoisotopic (exact) mass is 341 g/mol. The maximum atomic E-state index is 13.5. The first-order valence-corrected chi connectivity index (χ1v) is 7.07. The van der Waals surface area contributed by atoms with Crippen LogP contribution in [0.2, 0.25) is 5.02 Å². The summed E-state index contributed by atoms with van der Waals surface area (Å²) in [6.07, 6.45) is 0. The first kappa shape index (κ1) is 14.5. The highest BCUT2D eigenvalue weighted by atomic mass is 79.9. The van der Waals surface area contributed by atoms with Crippen LogP contribution in [0, 0.1) is 12.7 Å². The average Bonchev–Trinajstić information content (AvgIpc) is 2.33. The van der Waals surface area contributed by atoms with Crippen molar-refractivity contribution in [1.82, 2.24) is 5.32 Å². The largest absolute Gasteiger partial charge is 0.309 e. The van der Waals surface area contributed by atoms with Gasteiger partial charge in [0.1, 0.15) is 5.82 Å². The van der Waals surface area contributed by atoms with Crippen LogP contribution in [0.25, 0.3) is 0 Å². The Morgan fingerprint density at radius 2 is 1.89 bits per heavy atom. The van der Waals surface area contributed by atoms with E-state index in [1.165, 1.54) is 6.07 Å². The molecule has 1 nitrogen and oxygen atoms in total. The summed E-state index contributed by atoms with van der Waals surface area (Å²) in [6.45, 7) is 1.89. The fraction of sp³-hybridized carbons (Fsp3) is 0.200. The Morgan fingerprint density at radius 1 is 1.16 bits per heavy atom. The molecule has 2 rings (SSSR count). The smallest absolute Gasteiger partial charge is 0.123 e. The van der Waals surface area contributed by atoms with Crippen LogP contribution in [0.15, 0.2) is 40.9 Å². The van der Waals surface area contributed by atoms with Gasteiger partial charge in [-0.15, -0.1) is 0 Å². The summed E-state index contributed by atoms with van der Waals surface area (Å²) < 4.78 is 14.4. The van der Waals surface area contributed by atoms with Crippen LogP contribution < -0.4 is 5.32 Å². The Balaban J connectivity index is 2.46. The molecule has 0 radical (unpaired) electrons. The van der Waals surface area contributed by atoms with Gasteiger partial charge in [0.25, 0.3) is 0 Å². The maximum Gasteiger partial charge on any atom is 0.123 e. The van der Waals surface area contributed by atoms with Crippen LogP contribution in [0.5, 0.6) is 0 Å². The number of benzene rings is 2. The molecule has 0 aliphatic rings. The molecule has 0 aliphatic heterocycles. The maximum absolute atomic E-state index is 13.5. The zero-order valence-electron chi connectivity index (χ0n) is 10.7. The summed E-state index contributed by atoms with van der Waals surface area (Å²) in [5, 5.41) is 3.87. The van der Waals surface area contributed by atoms with E-state index in [1.54, 1.807) is 6.07 Å². The average molecular weight is 343 g/mol. The zero-order valence-corrected chi connectivity index (χ0v) is 13.0. The summed E-state index contributed by atoms with van der Waals surface area (Å²) in [7, 11) is 1.85. The fourth-order valence-corrected chi connectivity index (χ4v) is 2.66. The van der Waals surface area contributed by atoms with Gasteiger partial charge in [-0.2, -0.15) is 0 Å². The lowest BCUT2D eigenvalue weighted by molar-refractivity contribution is 0.615. The molecule has 1 unspecified atom stereocenters. The van der Waals surface area contributed by atoms with E-state index in [0.717, 1.165) is 21.2 Å². The molecule has 19 heavy (non-hydrogen) atoms. The molecular weight excluding hydrogens is 329 g/mol. The molecule has 4 heteroatoms. The Hall–Kier alpha value is -0.900. The summed E-state index contributed by atoms with van der Waals surface area (Å²) in [6, 6.07) is 10.7. The predicted molar refractivity (Wildman–Crippen MR) is 81.2 cm³/mol. The molecular formula is C15H14BrClFN. The minimum Gasteiger partial charge on any atom is -0.309 e. The SMILES string of the molecule is CNC(c1cc(C)cc(F)c1)c1ccc(Cl)c(Br)c1. The Morgan fingerprint density at radius 3 is 2.47 bits per heavy atom. The van der Waals surface area contributed by atoms with E-state index >= 15 is 0 Å². The fourth-order valence-electron chi connectivity index (χ4n) is 2.15. The molecule has 100 valence electrons. The molecule has 0 aliphatic carbocycles. The van der Waals surface area contributed by atoms with Crippen molar-refractivity contribution in [2.45, 2.75) is 13.0 Å². The van der Waals surface area contributed by atoms with Gasteiger partial charge in [-0.05, 0) is 70.9 Å². The minimum atomic E-state index is -0.219. The summed E-state index contributed by atoms with van der Waals surface area (Å²) in [4.78, 5) is 0. The topological polar surface area (TPSA) is 12.0 Å². The van der Waals surface area contributed by atoms with Crippen molar-refractivity contribution in [3.8, 4) is 0 Å². The van der Waals surface area contributed by atoms with Crippen molar-refractivity contribution >= 4 is 27.5 Å². The number of halogens is 3. The molecule has 0 aromatic heterocycles. The van der Waals surface area contributed by atoms with E-state index in [2.05, 4.69) is 21.2 Å². The molecule has 0 fully saturated rings. The number of aryl methyl sites for hydroxylation is 1. The van der Waals surface area contributed by atoms with Crippen molar-refractivity contribution < 1.29 is 4.39 Å². The molecule has 0 saturated heterocycles. The van der Waals surface area contributed by atoms with Crippen molar-refractivity contribution in [1.29, 1.82) is 0 Å². The van der Waals surface area contributed by atoms with Crippen LogP contribution in [-0.4, -0.2) is 7.05 Å². The van der Waals surface area contributed by atoms with Crippen molar-refractivity contribution in [2.75, 3.05) is 7.05 Å². The van der Waals surface area contributed by atoms with Gasteiger partial charge in [0.05, 0.1) is 11.1 Å². The minimum absolute atomic E-state index is 0.0667. The molecule has 1 atom stereocenters. The van der Waals surface area contributed by atoms with Gasteiger partial charge in [0.15, 0.2) is 0 Å². The van der Waals surface area contributed by atoms with Gasteiger partial charge in [0.2, 0.25) is 0 Å². The molecule has 0 heterocycles. The van der Waals surface area contributed by atoms with Crippen LogP contribution >= 0.6 is 27.5 Å². The quantitative estimate of drug-likeness (QED) is 0.840. The number of hydrogen-bond donors (Lipinski definition) is 1.